The summed E-state index contributed by atoms with van der Waals surface area (Å²) in [5, 5.41) is 0. The molecule has 124 valence electrons. The number of fused-ring (bicyclic) bond motifs is 1. The van der Waals surface area contributed by atoms with Gasteiger partial charge in [-0.3, -0.25) is 9.78 Å². The molecule has 1 aliphatic carbocycles. The highest BCUT2D eigenvalue weighted by Gasteiger charge is 2.45. The number of hydrogen-bond donors (Lipinski definition) is 0. The number of likely N-dealkylation sites (N-methyl/N-ethyl adjacent to an activating group) is 1. The van der Waals surface area contributed by atoms with Crippen LogP contribution in [0, 0.1) is 23.6 Å². The molecular formula is C21H17FN2O. The van der Waals surface area contributed by atoms with Crippen molar-refractivity contribution >= 4 is 5.91 Å². The standard InChI is InChI=1S/C21H17FN2O/c1-24-19-7-3-6-17(19)20(21(24)25)18-11-10-15(13-23-18)9-8-14-4-2-5-16(22)12-14/h2,4-5,7,10-13,17,20H,3,6H2,1H3/t17-,20-/m1/s1. The van der Waals surface area contributed by atoms with E-state index in [0.29, 0.717) is 5.56 Å². The second-order valence-electron chi connectivity index (χ2n) is 6.42. The van der Waals surface area contributed by atoms with Gasteiger partial charge in [-0.15, -0.1) is 0 Å². The van der Waals surface area contributed by atoms with E-state index in [-0.39, 0.29) is 23.6 Å². The van der Waals surface area contributed by atoms with Gasteiger partial charge in [-0.25, -0.2) is 4.39 Å². The lowest BCUT2D eigenvalue weighted by Crippen LogP contribution is -2.22. The van der Waals surface area contributed by atoms with Crippen molar-refractivity contribution in [1.29, 1.82) is 0 Å². The molecule has 4 rings (SSSR count). The summed E-state index contributed by atoms with van der Waals surface area (Å²) < 4.78 is 13.2. The van der Waals surface area contributed by atoms with E-state index < -0.39 is 0 Å². The maximum absolute atomic E-state index is 13.2. The smallest absolute Gasteiger partial charge is 0.236 e. The zero-order valence-electron chi connectivity index (χ0n) is 13.9. The van der Waals surface area contributed by atoms with Crippen molar-refractivity contribution in [3.05, 3.63) is 77.0 Å². The quantitative estimate of drug-likeness (QED) is 0.749. The number of nitrogens with zero attached hydrogens (tertiary/aromatic N) is 2. The van der Waals surface area contributed by atoms with Gasteiger partial charge in [0.25, 0.3) is 0 Å². The molecule has 0 spiro atoms. The SMILES string of the molecule is CN1C(=O)[C@@H](c2ccc(C#Cc3cccc(F)c3)cn2)[C@@H]2CCC=C21. The Morgan fingerprint density at radius 1 is 1.20 bits per heavy atom. The van der Waals surface area contributed by atoms with Gasteiger partial charge in [0.15, 0.2) is 0 Å². The van der Waals surface area contributed by atoms with Gasteiger partial charge in [0.1, 0.15) is 5.82 Å². The van der Waals surface area contributed by atoms with Crippen LogP contribution in [-0.4, -0.2) is 22.8 Å². The van der Waals surface area contributed by atoms with E-state index in [1.165, 1.54) is 12.1 Å². The predicted molar refractivity (Wildman–Crippen MR) is 92.9 cm³/mol. The van der Waals surface area contributed by atoms with Gasteiger partial charge in [-0.05, 0) is 43.2 Å². The van der Waals surface area contributed by atoms with Crippen LogP contribution in [0.2, 0.25) is 0 Å². The number of pyridine rings is 1. The zero-order valence-corrected chi connectivity index (χ0v) is 13.9. The van der Waals surface area contributed by atoms with Crippen molar-refractivity contribution in [3.63, 3.8) is 0 Å². The van der Waals surface area contributed by atoms with Crippen LogP contribution < -0.4 is 0 Å². The lowest BCUT2D eigenvalue weighted by Gasteiger charge is -2.13. The van der Waals surface area contributed by atoms with Gasteiger partial charge < -0.3 is 4.90 Å². The number of halogens is 1. The summed E-state index contributed by atoms with van der Waals surface area (Å²) in [5.74, 6) is 5.78. The highest BCUT2D eigenvalue weighted by atomic mass is 19.1. The van der Waals surface area contributed by atoms with Crippen LogP contribution >= 0.6 is 0 Å². The van der Waals surface area contributed by atoms with Crippen LogP contribution in [0.25, 0.3) is 0 Å². The molecule has 1 aliphatic heterocycles. The topological polar surface area (TPSA) is 33.2 Å². The summed E-state index contributed by atoms with van der Waals surface area (Å²) in [7, 11) is 1.84. The minimum atomic E-state index is -0.301. The van der Waals surface area contributed by atoms with Crippen LogP contribution in [0.15, 0.2) is 54.4 Å². The number of hydrogen-bond acceptors (Lipinski definition) is 2. The van der Waals surface area contributed by atoms with Crippen LogP contribution in [0.5, 0.6) is 0 Å². The Balaban J connectivity index is 1.57. The number of carbonyl (C=O) groups excluding carboxylic acids is 1. The fraction of sp³-hybridized carbons (Fsp3) is 0.238. The molecule has 1 saturated heterocycles. The van der Waals surface area contributed by atoms with Gasteiger partial charge in [0.05, 0.1) is 11.6 Å². The van der Waals surface area contributed by atoms with Gasteiger partial charge in [0.2, 0.25) is 5.91 Å². The van der Waals surface area contributed by atoms with Crippen molar-refractivity contribution < 1.29 is 9.18 Å². The van der Waals surface area contributed by atoms with Crippen molar-refractivity contribution in [2.24, 2.45) is 5.92 Å². The summed E-state index contributed by atoms with van der Waals surface area (Å²) in [6.45, 7) is 0. The number of rotatable bonds is 1. The van der Waals surface area contributed by atoms with E-state index in [1.807, 2.05) is 19.2 Å². The normalized spacial score (nSPS) is 21.6. The average Bonchev–Trinajstić information content (AvgIpc) is 3.17. The van der Waals surface area contributed by atoms with E-state index in [0.717, 1.165) is 29.8 Å². The van der Waals surface area contributed by atoms with E-state index in [1.54, 1.807) is 23.2 Å². The molecule has 1 fully saturated rings. The average molecular weight is 332 g/mol. The van der Waals surface area contributed by atoms with Gasteiger partial charge >= 0.3 is 0 Å². The minimum Gasteiger partial charge on any atom is -0.319 e. The fourth-order valence-corrected chi connectivity index (χ4v) is 3.65. The summed E-state index contributed by atoms with van der Waals surface area (Å²) in [6.07, 6.45) is 5.86. The molecule has 0 bridgehead atoms. The Kier molecular flexibility index (Phi) is 3.85. The van der Waals surface area contributed by atoms with Crippen LogP contribution in [-0.2, 0) is 4.79 Å². The molecule has 3 nitrogen and oxygen atoms in total. The highest BCUT2D eigenvalue weighted by molar-refractivity contribution is 5.89. The zero-order chi connectivity index (χ0) is 17.4. The molecule has 2 heterocycles. The number of aromatic nitrogens is 1. The van der Waals surface area contributed by atoms with Crippen molar-refractivity contribution in [2.75, 3.05) is 7.05 Å². The first-order valence-electron chi connectivity index (χ1n) is 8.34. The molecule has 2 aliphatic rings. The maximum Gasteiger partial charge on any atom is 0.236 e. The first-order chi connectivity index (χ1) is 12.1. The van der Waals surface area contributed by atoms with E-state index in [9.17, 15) is 9.18 Å². The van der Waals surface area contributed by atoms with Crippen LogP contribution in [0.3, 0.4) is 0 Å². The molecule has 0 radical (unpaired) electrons. The third kappa shape index (κ3) is 2.83. The summed E-state index contributed by atoms with van der Waals surface area (Å²) in [4.78, 5) is 18.8. The van der Waals surface area contributed by atoms with E-state index in [2.05, 4.69) is 22.9 Å². The molecule has 2 aromatic rings. The summed E-state index contributed by atoms with van der Waals surface area (Å²) in [5.41, 5.74) is 3.29. The Morgan fingerprint density at radius 3 is 2.80 bits per heavy atom. The monoisotopic (exact) mass is 332 g/mol. The number of benzene rings is 1. The van der Waals surface area contributed by atoms with Crippen molar-refractivity contribution in [1.82, 2.24) is 9.88 Å². The summed E-state index contributed by atoms with van der Waals surface area (Å²) in [6, 6.07) is 9.94. The lowest BCUT2D eigenvalue weighted by molar-refractivity contribution is -0.127. The first-order valence-corrected chi connectivity index (χ1v) is 8.34. The number of allylic oxidation sites excluding steroid dienone is 2. The number of likely N-dealkylation sites (tertiary alicyclic amines) is 1. The molecule has 0 N–H and O–H groups in total. The Morgan fingerprint density at radius 2 is 2.04 bits per heavy atom. The lowest BCUT2D eigenvalue weighted by atomic mass is 9.90. The largest absolute Gasteiger partial charge is 0.319 e. The Hall–Kier alpha value is -2.93. The minimum absolute atomic E-state index is 0.113. The number of amides is 1. The van der Waals surface area contributed by atoms with Gasteiger partial charge in [0, 0.05) is 36.0 Å². The molecule has 2 atom stereocenters. The fourth-order valence-electron chi connectivity index (χ4n) is 3.65. The van der Waals surface area contributed by atoms with E-state index in [4.69, 9.17) is 0 Å². The van der Waals surface area contributed by atoms with Crippen LogP contribution in [0.4, 0.5) is 4.39 Å². The maximum atomic E-state index is 13.2. The Bertz CT molecular complexity index is 921. The molecule has 1 amide bonds. The Labute approximate surface area is 146 Å². The second-order valence-corrected chi connectivity index (χ2v) is 6.42. The molecule has 0 saturated carbocycles. The van der Waals surface area contributed by atoms with Gasteiger partial charge in [-0.2, -0.15) is 0 Å². The molecule has 1 aromatic carbocycles. The molecule has 25 heavy (non-hydrogen) atoms. The van der Waals surface area contributed by atoms with Crippen molar-refractivity contribution in [3.8, 4) is 11.8 Å². The third-order valence-electron chi connectivity index (χ3n) is 4.88. The second kappa shape index (κ2) is 6.18. The summed E-state index contributed by atoms with van der Waals surface area (Å²) >= 11 is 0. The predicted octanol–water partition coefficient (Wildman–Crippen LogP) is 3.47. The van der Waals surface area contributed by atoms with Gasteiger partial charge in [-0.1, -0.05) is 24.0 Å². The number of carbonyl (C=O) groups is 1. The van der Waals surface area contributed by atoms with Crippen LogP contribution in [0.1, 0.15) is 35.6 Å². The highest BCUT2D eigenvalue weighted by Crippen LogP contribution is 2.45. The molecule has 1 aromatic heterocycles. The van der Waals surface area contributed by atoms with E-state index >= 15 is 0 Å². The third-order valence-corrected chi connectivity index (χ3v) is 4.88. The van der Waals surface area contributed by atoms with Crippen molar-refractivity contribution in [2.45, 2.75) is 18.8 Å². The first kappa shape index (κ1) is 15.6. The molecule has 0 unspecified atom stereocenters. The molecule has 4 heteroatoms. The molecular weight excluding hydrogens is 315 g/mol.